The number of aldehydes is 1. The van der Waals surface area contributed by atoms with Crippen molar-refractivity contribution < 1.29 is 14.3 Å². The van der Waals surface area contributed by atoms with Gasteiger partial charge in [-0.1, -0.05) is 35.9 Å². The maximum atomic E-state index is 10.3. The van der Waals surface area contributed by atoms with Crippen LogP contribution in [0, 0.1) is 0 Å². The minimum atomic E-state index is -0.479. The molecule has 0 aliphatic carbocycles. The summed E-state index contributed by atoms with van der Waals surface area (Å²) in [5, 5.41) is 0.507. The average Bonchev–Trinajstić information content (AvgIpc) is 2.38. The highest BCUT2D eigenvalue weighted by atomic mass is 35.5. The van der Waals surface area contributed by atoms with Gasteiger partial charge in [0.05, 0.1) is 12.1 Å². The lowest BCUT2D eigenvalue weighted by molar-refractivity contribution is -0.136. The summed E-state index contributed by atoms with van der Waals surface area (Å²) in [7, 11) is 1.29. The SMILES string of the molecule is C/C=C(\N)C(=O)OC.O=Cc1ccccc1Cl. The van der Waals surface area contributed by atoms with Crippen LogP contribution in [-0.4, -0.2) is 19.4 Å². The van der Waals surface area contributed by atoms with E-state index in [1.165, 1.54) is 13.2 Å². The third-order valence-corrected chi connectivity index (χ3v) is 2.11. The van der Waals surface area contributed by atoms with E-state index in [1.807, 2.05) is 0 Å². The van der Waals surface area contributed by atoms with Gasteiger partial charge in [0.15, 0.2) is 6.29 Å². The van der Waals surface area contributed by atoms with E-state index in [0.717, 1.165) is 6.29 Å². The van der Waals surface area contributed by atoms with Gasteiger partial charge in [-0.3, -0.25) is 4.79 Å². The third-order valence-electron chi connectivity index (χ3n) is 1.76. The number of rotatable bonds is 2. The van der Waals surface area contributed by atoms with E-state index < -0.39 is 5.97 Å². The molecule has 0 aliphatic rings. The topological polar surface area (TPSA) is 69.4 Å². The predicted octanol–water partition coefficient (Wildman–Crippen LogP) is 2.17. The summed E-state index contributed by atoms with van der Waals surface area (Å²) in [6, 6.07) is 6.92. The van der Waals surface area contributed by atoms with Crippen LogP contribution in [0.25, 0.3) is 0 Å². The fourth-order valence-electron chi connectivity index (χ4n) is 0.806. The second kappa shape index (κ2) is 8.35. The fraction of sp³-hybridized carbons (Fsp3) is 0.167. The van der Waals surface area contributed by atoms with Crippen LogP contribution < -0.4 is 5.73 Å². The van der Waals surface area contributed by atoms with Crippen molar-refractivity contribution >= 4 is 23.9 Å². The molecule has 0 fully saturated rings. The number of ether oxygens (including phenoxy) is 1. The highest BCUT2D eigenvalue weighted by Crippen LogP contribution is 2.11. The van der Waals surface area contributed by atoms with Crippen LogP contribution in [0.2, 0.25) is 5.02 Å². The lowest BCUT2D eigenvalue weighted by atomic mass is 10.2. The maximum Gasteiger partial charge on any atom is 0.353 e. The van der Waals surface area contributed by atoms with Gasteiger partial charge in [-0.15, -0.1) is 0 Å². The summed E-state index contributed by atoms with van der Waals surface area (Å²) in [5.41, 5.74) is 5.80. The predicted molar refractivity (Wildman–Crippen MR) is 66.8 cm³/mol. The second-order valence-corrected chi connectivity index (χ2v) is 3.28. The molecule has 1 aromatic carbocycles. The van der Waals surface area contributed by atoms with Crippen LogP contribution in [0.1, 0.15) is 17.3 Å². The Hall–Kier alpha value is -1.81. The summed E-state index contributed by atoms with van der Waals surface area (Å²) >= 11 is 5.59. The number of nitrogens with two attached hydrogens (primary N) is 1. The number of methoxy groups -OCH3 is 1. The number of esters is 1. The Labute approximate surface area is 105 Å². The van der Waals surface area contributed by atoms with Crippen molar-refractivity contribution in [1.29, 1.82) is 0 Å². The monoisotopic (exact) mass is 255 g/mol. The van der Waals surface area contributed by atoms with Gasteiger partial charge >= 0.3 is 5.97 Å². The zero-order chi connectivity index (χ0) is 13.3. The van der Waals surface area contributed by atoms with E-state index in [-0.39, 0.29) is 5.70 Å². The lowest BCUT2D eigenvalue weighted by Crippen LogP contribution is -2.11. The molecule has 0 aromatic heterocycles. The van der Waals surface area contributed by atoms with Crippen LogP contribution in [0.15, 0.2) is 36.0 Å². The molecule has 0 saturated heterocycles. The van der Waals surface area contributed by atoms with Gasteiger partial charge in [-0.05, 0) is 13.0 Å². The highest BCUT2D eigenvalue weighted by molar-refractivity contribution is 6.32. The molecule has 0 aliphatic heterocycles. The van der Waals surface area contributed by atoms with Gasteiger partial charge in [0.1, 0.15) is 5.70 Å². The number of hydrogen-bond donors (Lipinski definition) is 1. The summed E-state index contributed by atoms with van der Waals surface area (Å²) in [6.07, 6.45) is 2.23. The number of benzene rings is 1. The Morgan fingerprint density at radius 3 is 2.29 bits per heavy atom. The lowest BCUT2D eigenvalue weighted by Gasteiger charge is -1.94. The minimum absolute atomic E-state index is 0.146. The zero-order valence-electron chi connectivity index (χ0n) is 9.64. The summed E-state index contributed by atoms with van der Waals surface area (Å²) in [4.78, 5) is 20.5. The van der Waals surface area contributed by atoms with E-state index in [9.17, 15) is 9.59 Å². The van der Waals surface area contributed by atoms with E-state index in [4.69, 9.17) is 17.3 Å². The molecule has 5 heteroatoms. The van der Waals surface area contributed by atoms with E-state index in [1.54, 1.807) is 31.2 Å². The molecule has 0 saturated carbocycles. The second-order valence-electron chi connectivity index (χ2n) is 2.87. The molecule has 1 aromatic rings. The van der Waals surface area contributed by atoms with Gasteiger partial charge in [0, 0.05) is 5.56 Å². The Morgan fingerprint density at radius 1 is 1.41 bits per heavy atom. The molecular formula is C12H14ClNO3. The molecule has 92 valence electrons. The summed E-state index contributed by atoms with van der Waals surface area (Å²) in [6.45, 7) is 1.67. The minimum Gasteiger partial charge on any atom is -0.464 e. The van der Waals surface area contributed by atoms with Crippen molar-refractivity contribution in [2.45, 2.75) is 6.92 Å². The van der Waals surface area contributed by atoms with Crippen LogP contribution in [0.5, 0.6) is 0 Å². The molecule has 0 unspecified atom stereocenters. The van der Waals surface area contributed by atoms with E-state index in [2.05, 4.69) is 4.74 Å². The molecule has 0 spiro atoms. The normalized spacial score (nSPS) is 9.94. The average molecular weight is 256 g/mol. The largest absolute Gasteiger partial charge is 0.464 e. The Balaban J connectivity index is 0.000000304. The van der Waals surface area contributed by atoms with Crippen LogP contribution in [0.4, 0.5) is 0 Å². The molecule has 2 N–H and O–H groups in total. The van der Waals surface area contributed by atoms with Gasteiger partial charge in [-0.25, -0.2) is 4.79 Å². The number of carbonyl (C=O) groups excluding carboxylic acids is 2. The van der Waals surface area contributed by atoms with Crippen molar-refractivity contribution in [3.8, 4) is 0 Å². The highest BCUT2D eigenvalue weighted by Gasteiger charge is 1.99. The van der Waals surface area contributed by atoms with Crippen molar-refractivity contribution in [3.63, 3.8) is 0 Å². The molecule has 0 radical (unpaired) electrons. The molecular weight excluding hydrogens is 242 g/mol. The van der Waals surface area contributed by atoms with Crippen LogP contribution in [-0.2, 0) is 9.53 Å². The number of carbonyl (C=O) groups is 2. The van der Waals surface area contributed by atoms with Gasteiger partial charge in [-0.2, -0.15) is 0 Å². The number of allylic oxidation sites excluding steroid dienone is 1. The molecule has 1 rings (SSSR count). The fourth-order valence-corrected chi connectivity index (χ4v) is 0.987. The summed E-state index contributed by atoms with van der Waals surface area (Å²) in [5.74, 6) is -0.479. The smallest absolute Gasteiger partial charge is 0.353 e. The molecule has 0 atom stereocenters. The maximum absolute atomic E-state index is 10.3. The van der Waals surface area contributed by atoms with Crippen molar-refractivity contribution in [2.24, 2.45) is 5.73 Å². The van der Waals surface area contributed by atoms with Gasteiger partial charge < -0.3 is 10.5 Å². The van der Waals surface area contributed by atoms with E-state index in [0.29, 0.717) is 10.6 Å². The molecule has 0 bridgehead atoms. The Kier molecular flexibility index (Phi) is 7.46. The standard InChI is InChI=1S/C7H5ClO.C5H9NO2/c8-7-4-2-1-3-6(7)5-9;1-3-4(6)5(7)8-2/h1-5H;3H,6H2,1-2H3/b;4-3-. The van der Waals surface area contributed by atoms with Gasteiger partial charge in [0.2, 0.25) is 0 Å². The molecule has 17 heavy (non-hydrogen) atoms. The summed E-state index contributed by atoms with van der Waals surface area (Å²) < 4.78 is 4.27. The van der Waals surface area contributed by atoms with Crippen LogP contribution in [0.3, 0.4) is 0 Å². The third kappa shape index (κ3) is 5.73. The zero-order valence-corrected chi connectivity index (χ0v) is 10.4. The molecule has 4 nitrogen and oxygen atoms in total. The first kappa shape index (κ1) is 15.2. The Bertz CT molecular complexity index is 416. The first-order chi connectivity index (χ1) is 8.06. The van der Waals surface area contributed by atoms with Gasteiger partial charge in [0.25, 0.3) is 0 Å². The Morgan fingerprint density at radius 2 is 2.00 bits per heavy atom. The van der Waals surface area contributed by atoms with Crippen molar-refractivity contribution in [1.82, 2.24) is 0 Å². The van der Waals surface area contributed by atoms with Crippen molar-refractivity contribution in [2.75, 3.05) is 7.11 Å². The molecule has 0 heterocycles. The number of hydrogen-bond acceptors (Lipinski definition) is 4. The van der Waals surface area contributed by atoms with Crippen LogP contribution >= 0.6 is 11.6 Å². The first-order valence-electron chi connectivity index (χ1n) is 4.76. The van der Waals surface area contributed by atoms with Crippen molar-refractivity contribution in [3.05, 3.63) is 46.6 Å². The van der Waals surface area contributed by atoms with E-state index >= 15 is 0 Å². The molecule has 0 amide bonds. The quantitative estimate of drug-likeness (QED) is 0.500. The first-order valence-corrected chi connectivity index (χ1v) is 5.14. The number of halogens is 1.